The Hall–Kier alpha value is -1.69. The third kappa shape index (κ3) is 6.85. The van der Waals surface area contributed by atoms with Gasteiger partial charge in [-0.15, -0.1) is 0 Å². The lowest BCUT2D eigenvalue weighted by Crippen LogP contribution is -2.38. The van der Waals surface area contributed by atoms with Gasteiger partial charge in [-0.2, -0.15) is 0 Å². The van der Waals surface area contributed by atoms with Crippen LogP contribution in [0.2, 0.25) is 0 Å². The summed E-state index contributed by atoms with van der Waals surface area (Å²) in [5.74, 6) is -3.28. The van der Waals surface area contributed by atoms with E-state index in [1.165, 1.54) is 6.92 Å². The average Bonchev–Trinajstić information content (AvgIpc) is 2.43. The lowest BCUT2D eigenvalue weighted by atomic mass is 10.00. The average molecular weight is 329 g/mol. The standard InChI is InChI=1S/C14H20NO6P/c1-10(14(17)18)8-15-13(16)12(9-22(19,20)21)7-11-5-3-2-4-6-11/h2-6,10,12H,7-9H2,1H3,(H,15,16)(H,17,18)(H2,19,20,21)/t10?,12-/m1/s1. The van der Waals surface area contributed by atoms with E-state index in [0.717, 1.165) is 5.56 Å². The second-order valence-electron chi connectivity index (χ2n) is 5.22. The molecule has 0 heterocycles. The summed E-state index contributed by atoms with van der Waals surface area (Å²) in [4.78, 5) is 41.1. The fraction of sp³-hybridized carbons (Fsp3) is 0.429. The number of carbonyl (C=O) groups is 2. The van der Waals surface area contributed by atoms with E-state index >= 15 is 0 Å². The summed E-state index contributed by atoms with van der Waals surface area (Å²) in [7, 11) is -4.36. The van der Waals surface area contributed by atoms with Crippen LogP contribution in [0.3, 0.4) is 0 Å². The number of benzene rings is 1. The first-order valence-corrected chi connectivity index (χ1v) is 8.58. The molecule has 4 N–H and O–H groups in total. The Kier molecular flexibility index (Phi) is 6.74. The molecule has 0 spiro atoms. The summed E-state index contributed by atoms with van der Waals surface area (Å²) in [6.45, 7) is 1.36. The van der Waals surface area contributed by atoms with Crippen molar-refractivity contribution in [1.29, 1.82) is 0 Å². The molecule has 7 nitrogen and oxygen atoms in total. The van der Waals surface area contributed by atoms with Crippen molar-refractivity contribution in [2.75, 3.05) is 12.7 Å². The molecule has 122 valence electrons. The molecule has 1 rings (SSSR count). The van der Waals surface area contributed by atoms with Gasteiger partial charge in [-0.05, 0) is 12.0 Å². The third-order valence-corrected chi connectivity index (χ3v) is 4.07. The van der Waals surface area contributed by atoms with Crippen LogP contribution in [0.15, 0.2) is 30.3 Å². The van der Waals surface area contributed by atoms with Crippen LogP contribution >= 0.6 is 7.60 Å². The van der Waals surface area contributed by atoms with Crippen LogP contribution in [0.4, 0.5) is 0 Å². The van der Waals surface area contributed by atoms with Gasteiger partial charge < -0.3 is 20.2 Å². The van der Waals surface area contributed by atoms with Gasteiger partial charge in [0, 0.05) is 6.54 Å². The predicted octanol–water partition coefficient (Wildman–Crippen LogP) is 0.860. The van der Waals surface area contributed by atoms with Crippen LogP contribution in [-0.2, 0) is 20.6 Å². The van der Waals surface area contributed by atoms with Crippen molar-refractivity contribution in [1.82, 2.24) is 5.32 Å². The smallest absolute Gasteiger partial charge is 0.326 e. The van der Waals surface area contributed by atoms with Crippen molar-refractivity contribution >= 4 is 19.5 Å². The van der Waals surface area contributed by atoms with Crippen molar-refractivity contribution in [3.63, 3.8) is 0 Å². The number of amides is 1. The molecule has 2 atom stereocenters. The fourth-order valence-corrected chi connectivity index (χ4v) is 2.78. The number of nitrogens with one attached hydrogen (secondary N) is 1. The van der Waals surface area contributed by atoms with Gasteiger partial charge in [-0.3, -0.25) is 14.2 Å². The van der Waals surface area contributed by atoms with Crippen LogP contribution in [0.5, 0.6) is 0 Å². The van der Waals surface area contributed by atoms with Gasteiger partial charge in [0.1, 0.15) is 0 Å². The minimum atomic E-state index is -4.36. The number of aliphatic carboxylic acids is 1. The molecule has 0 saturated carbocycles. The monoisotopic (exact) mass is 329 g/mol. The molecule has 8 heteroatoms. The quantitative estimate of drug-likeness (QED) is 0.524. The van der Waals surface area contributed by atoms with E-state index < -0.39 is 37.5 Å². The van der Waals surface area contributed by atoms with Crippen molar-refractivity contribution in [2.45, 2.75) is 13.3 Å². The summed E-state index contributed by atoms with van der Waals surface area (Å²) in [5.41, 5.74) is 0.780. The Balaban J connectivity index is 2.74. The fourth-order valence-electron chi connectivity index (χ4n) is 1.91. The number of hydrogen-bond acceptors (Lipinski definition) is 3. The Morgan fingerprint density at radius 1 is 1.23 bits per heavy atom. The second-order valence-corrected chi connectivity index (χ2v) is 6.91. The topological polar surface area (TPSA) is 124 Å². The molecule has 22 heavy (non-hydrogen) atoms. The molecule has 0 aliphatic rings. The first-order chi connectivity index (χ1) is 10.2. The van der Waals surface area contributed by atoms with Gasteiger partial charge in [-0.25, -0.2) is 0 Å². The highest BCUT2D eigenvalue weighted by atomic mass is 31.2. The molecule has 0 aliphatic heterocycles. The van der Waals surface area contributed by atoms with Crippen LogP contribution < -0.4 is 5.32 Å². The molecule has 0 radical (unpaired) electrons. The molecular formula is C14H20NO6P. The largest absolute Gasteiger partial charge is 0.481 e. The van der Waals surface area contributed by atoms with Gasteiger partial charge in [-0.1, -0.05) is 37.3 Å². The SMILES string of the molecule is CC(CNC(=O)[C@H](Cc1ccccc1)CP(=O)(O)O)C(=O)O. The summed E-state index contributed by atoms with van der Waals surface area (Å²) in [5, 5.41) is 11.2. The Labute approximate surface area is 128 Å². The van der Waals surface area contributed by atoms with E-state index in [0.29, 0.717) is 0 Å². The summed E-state index contributed by atoms with van der Waals surface area (Å²) >= 11 is 0. The number of rotatable bonds is 8. The molecule has 0 fully saturated rings. The summed E-state index contributed by atoms with van der Waals surface area (Å²) in [6.07, 6.45) is -0.394. The van der Waals surface area contributed by atoms with Gasteiger partial charge in [0.2, 0.25) is 5.91 Å². The Bertz CT molecular complexity index is 556. The highest BCUT2D eigenvalue weighted by Crippen LogP contribution is 2.37. The van der Waals surface area contributed by atoms with Gasteiger partial charge in [0.05, 0.1) is 18.0 Å². The molecule has 0 aliphatic carbocycles. The van der Waals surface area contributed by atoms with Crippen molar-refractivity contribution in [3.8, 4) is 0 Å². The molecule has 1 amide bonds. The second kappa shape index (κ2) is 8.08. The molecule has 0 aromatic heterocycles. The van der Waals surface area contributed by atoms with Gasteiger partial charge in [0.15, 0.2) is 0 Å². The maximum Gasteiger partial charge on any atom is 0.326 e. The maximum absolute atomic E-state index is 12.1. The van der Waals surface area contributed by atoms with Gasteiger partial charge in [0.25, 0.3) is 0 Å². The van der Waals surface area contributed by atoms with E-state index in [1.54, 1.807) is 30.3 Å². The molecular weight excluding hydrogens is 309 g/mol. The zero-order valence-electron chi connectivity index (χ0n) is 12.2. The summed E-state index contributed by atoms with van der Waals surface area (Å²) in [6, 6.07) is 8.87. The molecule has 1 aromatic carbocycles. The van der Waals surface area contributed by atoms with Gasteiger partial charge >= 0.3 is 13.6 Å². The van der Waals surface area contributed by atoms with E-state index in [4.69, 9.17) is 14.9 Å². The van der Waals surface area contributed by atoms with E-state index in [2.05, 4.69) is 5.32 Å². The number of carbonyl (C=O) groups excluding carboxylic acids is 1. The normalized spacial score (nSPS) is 14.1. The molecule has 1 unspecified atom stereocenters. The minimum Gasteiger partial charge on any atom is -0.481 e. The van der Waals surface area contributed by atoms with E-state index in [1.807, 2.05) is 0 Å². The first kappa shape index (κ1) is 18.4. The van der Waals surface area contributed by atoms with E-state index in [-0.39, 0.29) is 13.0 Å². The predicted molar refractivity (Wildman–Crippen MR) is 80.4 cm³/mol. The van der Waals surface area contributed by atoms with Crippen LogP contribution in [-0.4, -0.2) is 39.5 Å². The highest BCUT2D eigenvalue weighted by Gasteiger charge is 2.28. The zero-order chi connectivity index (χ0) is 16.8. The highest BCUT2D eigenvalue weighted by molar-refractivity contribution is 7.51. The number of carboxylic acids is 1. The van der Waals surface area contributed by atoms with Crippen molar-refractivity contribution in [3.05, 3.63) is 35.9 Å². The maximum atomic E-state index is 12.1. The van der Waals surface area contributed by atoms with Crippen molar-refractivity contribution in [2.24, 2.45) is 11.8 Å². The van der Waals surface area contributed by atoms with Crippen LogP contribution in [0, 0.1) is 11.8 Å². The van der Waals surface area contributed by atoms with Crippen molar-refractivity contribution < 1.29 is 29.0 Å². The van der Waals surface area contributed by atoms with E-state index in [9.17, 15) is 14.2 Å². The Morgan fingerprint density at radius 3 is 2.32 bits per heavy atom. The van der Waals surface area contributed by atoms with Crippen LogP contribution in [0.25, 0.3) is 0 Å². The lowest BCUT2D eigenvalue weighted by Gasteiger charge is -2.18. The minimum absolute atomic E-state index is 0.0827. The molecule has 0 saturated heterocycles. The van der Waals surface area contributed by atoms with Crippen LogP contribution in [0.1, 0.15) is 12.5 Å². The zero-order valence-corrected chi connectivity index (χ0v) is 13.1. The lowest BCUT2D eigenvalue weighted by molar-refractivity contribution is -0.141. The first-order valence-electron chi connectivity index (χ1n) is 6.78. The number of carboxylic acid groups (broad SMARTS) is 1. The number of hydrogen-bond donors (Lipinski definition) is 4. The molecule has 0 bridgehead atoms. The summed E-state index contributed by atoms with van der Waals surface area (Å²) < 4.78 is 11.2. The molecule has 1 aromatic rings. The third-order valence-electron chi connectivity index (χ3n) is 3.16. The Morgan fingerprint density at radius 2 is 1.82 bits per heavy atom.